The standard InChI is InChI=1S/C21H19N3O2S2/c1-13-9-10-15(12-14(13)2)22-19(25)16-6-3-4-7-17(16)23-21(27)24-20(26)18-8-5-11-28-18/h3-12H,1-2H3,(H,22,25)(H2,23,24,26,27). The zero-order valence-electron chi connectivity index (χ0n) is 15.4. The van der Waals surface area contributed by atoms with Crippen molar-refractivity contribution in [3.63, 3.8) is 0 Å². The smallest absolute Gasteiger partial charge is 0.267 e. The van der Waals surface area contributed by atoms with Gasteiger partial charge in [0.25, 0.3) is 11.8 Å². The molecule has 1 aromatic heterocycles. The lowest BCUT2D eigenvalue weighted by atomic mass is 10.1. The van der Waals surface area contributed by atoms with E-state index in [1.54, 1.807) is 36.4 Å². The molecule has 7 heteroatoms. The molecule has 5 nitrogen and oxygen atoms in total. The highest BCUT2D eigenvalue weighted by Gasteiger charge is 2.14. The van der Waals surface area contributed by atoms with Crippen LogP contribution < -0.4 is 16.0 Å². The summed E-state index contributed by atoms with van der Waals surface area (Å²) in [5, 5.41) is 10.4. The molecule has 3 rings (SSSR count). The zero-order chi connectivity index (χ0) is 20.1. The van der Waals surface area contributed by atoms with Crippen molar-refractivity contribution in [3.8, 4) is 0 Å². The molecule has 0 aliphatic rings. The van der Waals surface area contributed by atoms with Crippen molar-refractivity contribution in [1.82, 2.24) is 5.32 Å². The molecule has 0 fully saturated rings. The van der Waals surface area contributed by atoms with Gasteiger partial charge in [0.05, 0.1) is 16.1 Å². The summed E-state index contributed by atoms with van der Waals surface area (Å²) in [6.45, 7) is 4.01. The summed E-state index contributed by atoms with van der Waals surface area (Å²) in [6, 6.07) is 16.3. The van der Waals surface area contributed by atoms with Crippen LogP contribution in [-0.4, -0.2) is 16.9 Å². The molecule has 3 aromatic rings. The number of hydrogen-bond acceptors (Lipinski definition) is 4. The largest absolute Gasteiger partial charge is 0.332 e. The Labute approximate surface area is 172 Å². The molecule has 0 saturated carbocycles. The van der Waals surface area contributed by atoms with Crippen molar-refractivity contribution < 1.29 is 9.59 Å². The molecule has 0 aliphatic carbocycles. The van der Waals surface area contributed by atoms with Crippen molar-refractivity contribution >= 4 is 51.9 Å². The number of benzene rings is 2. The summed E-state index contributed by atoms with van der Waals surface area (Å²) in [4.78, 5) is 25.4. The molecule has 3 N–H and O–H groups in total. The summed E-state index contributed by atoms with van der Waals surface area (Å²) in [7, 11) is 0. The summed E-state index contributed by atoms with van der Waals surface area (Å²) >= 11 is 6.55. The summed E-state index contributed by atoms with van der Waals surface area (Å²) in [6.07, 6.45) is 0. The van der Waals surface area contributed by atoms with Gasteiger partial charge in [-0.25, -0.2) is 0 Å². The van der Waals surface area contributed by atoms with Gasteiger partial charge in [-0.3, -0.25) is 14.9 Å². The molecular weight excluding hydrogens is 390 g/mol. The van der Waals surface area contributed by atoms with Crippen LogP contribution in [0.2, 0.25) is 0 Å². The summed E-state index contributed by atoms with van der Waals surface area (Å²) in [5.74, 6) is -0.553. The van der Waals surface area contributed by atoms with Gasteiger partial charge in [-0.2, -0.15) is 0 Å². The third-order valence-electron chi connectivity index (χ3n) is 4.16. The SMILES string of the molecule is Cc1ccc(NC(=O)c2ccccc2NC(=S)NC(=O)c2cccs2)cc1C. The summed E-state index contributed by atoms with van der Waals surface area (Å²) in [5.41, 5.74) is 3.92. The maximum atomic E-state index is 12.7. The van der Waals surface area contributed by atoms with Gasteiger partial charge >= 0.3 is 0 Å². The molecule has 2 amide bonds. The first-order chi connectivity index (χ1) is 13.4. The number of aryl methyl sites for hydroxylation is 2. The van der Waals surface area contributed by atoms with Crippen molar-refractivity contribution in [3.05, 3.63) is 81.5 Å². The van der Waals surface area contributed by atoms with E-state index >= 15 is 0 Å². The highest BCUT2D eigenvalue weighted by atomic mass is 32.1. The molecular formula is C21H19N3O2S2. The topological polar surface area (TPSA) is 70.2 Å². The Morgan fingerprint density at radius 3 is 2.39 bits per heavy atom. The number of thiocarbonyl (C=S) groups is 1. The number of carbonyl (C=O) groups is 2. The van der Waals surface area contributed by atoms with E-state index in [9.17, 15) is 9.59 Å². The first-order valence-electron chi connectivity index (χ1n) is 8.57. The Hall–Kier alpha value is -3.03. The first kappa shape index (κ1) is 19.7. The van der Waals surface area contributed by atoms with Crippen LogP contribution in [0.4, 0.5) is 11.4 Å². The van der Waals surface area contributed by atoms with Crippen LogP contribution in [0.5, 0.6) is 0 Å². The molecule has 0 atom stereocenters. The van der Waals surface area contributed by atoms with Gasteiger partial charge in [0.1, 0.15) is 0 Å². The van der Waals surface area contributed by atoms with E-state index in [2.05, 4.69) is 16.0 Å². The van der Waals surface area contributed by atoms with E-state index < -0.39 is 0 Å². The van der Waals surface area contributed by atoms with Gasteiger partial charge < -0.3 is 10.6 Å². The number of anilines is 2. The zero-order valence-corrected chi connectivity index (χ0v) is 17.0. The van der Waals surface area contributed by atoms with Gasteiger partial charge in [0, 0.05) is 5.69 Å². The molecule has 0 aliphatic heterocycles. The second kappa shape index (κ2) is 8.77. The minimum absolute atomic E-state index is 0.129. The lowest BCUT2D eigenvalue weighted by Crippen LogP contribution is -2.34. The van der Waals surface area contributed by atoms with Gasteiger partial charge in [-0.15, -0.1) is 11.3 Å². The van der Waals surface area contributed by atoms with Crippen LogP contribution >= 0.6 is 23.6 Å². The van der Waals surface area contributed by atoms with Crippen LogP contribution in [0.25, 0.3) is 0 Å². The molecule has 1 heterocycles. The Morgan fingerprint density at radius 2 is 1.68 bits per heavy atom. The Kier molecular flexibility index (Phi) is 6.18. The molecule has 28 heavy (non-hydrogen) atoms. The van der Waals surface area contributed by atoms with Crippen molar-refractivity contribution in [2.75, 3.05) is 10.6 Å². The number of amides is 2. The van der Waals surface area contributed by atoms with E-state index in [0.29, 0.717) is 16.1 Å². The normalized spacial score (nSPS) is 10.2. The van der Waals surface area contributed by atoms with Crippen LogP contribution in [0.1, 0.15) is 31.2 Å². The summed E-state index contributed by atoms with van der Waals surface area (Å²) < 4.78 is 0. The highest BCUT2D eigenvalue weighted by molar-refractivity contribution is 7.80. The molecule has 0 bridgehead atoms. The average molecular weight is 410 g/mol. The van der Waals surface area contributed by atoms with Gasteiger partial charge in [-0.1, -0.05) is 24.3 Å². The van der Waals surface area contributed by atoms with Crippen molar-refractivity contribution in [1.29, 1.82) is 0 Å². The van der Waals surface area contributed by atoms with E-state index in [-0.39, 0.29) is 16.9 Å². The maximum absolute atomic E-state index is 12.7. The number of thiophene rings is 1. The predicted molar refractivity (Wildman–Crippen MR) is 118 cm³/mol. The minimum Gasteiger partial charge on any atom is -0.332 e. The number of carbonyl (C=O) groups excluding carboxylic acids is 2. The van der Waals surface area contributed by atoms with Gasteiger partial charge in [0.2, 0.25) is 0 Å². The van der Waals surface area contributed by atoms with Crippen LogP contribution in [0.15, 0.2) is 60.0 Å². The Balaban J connectivity index is 1.71. The number of hydrogen-bond donors (Lipinski definition) is 3. The lowest BCUT2D eigenvalue weighted by molar-refractivity contribution is 0.0980. The minimum atomic E-state index is -0.287. The third-order valence-corrected chi connectivity index (χ3v) is 5.23. The first-order valence-corrected chi connectivity index (χ1v) is 9.86. The fraction of sp³-hybridized carbons (Fsp3) is 0.0952. The monoisotopic (exact) mass is 409 g/mol. The average Bonchev–Trinajstić information content (AvgIpc) is 3.20. The molecule has 0 saturated heterocycles. The Morgan fingerprint density at radius 1 is 0.893 bits per heavy atom. The van der Waals surface area contributed by atoms with Crippen molar-refractivity contribution in [2.45, 2.75) is 13.8 Å². The number of para-hydroxylation sites is 1. The number of nitrogens with one attached hydrogen (secondary N) is 3. The van der Waals surface area contributed by atoms with Crippen molar-refractivity contribution in [2.24, 2.45) is 0 Å². The van der Waals surface area contributed by atoms with Crippen LogP contribution in [0, 0.1) is 13.8 Å². The van der Waals surface area contributed by atoms with Gasteiger partial charge in [-0.05, 0) is 72.9 Å². The van der Waals surface area contributed by atoms with E-state index in [4.69, 9.17) is 12.2 Å². The quantitative estimate of drug-likeness (QED) is 0.544. The number of rotatable bonds is 4. The van der Waals surface area contributed by atoms with E-state index in [1.165, 1.54) is 11.3 Å². The molecule has 0 unspecified atom stereocenters. The maximum Gasteiger partial charge on any atom is 0.267 e. The van der Waals surface area contributed by atoms with Crippen LogP contribution in [-0.2, 0) is 0 Å². The molecule has 2 aromatic carbocycles. The fourth-order valence-corrected chi connectivity index (χ4v) is 3.36. The van der Waals surface area contributed by atoms with Gasteiger partial charge in [0.15, 0.2) is 5.11 Å². The molecule has 0 radical (unpaired) electrons. The van der Waals surface area contributed by atoms with Crippen LogP contribution in [0.3, 0.4) is 0 Å². The van der Waals surface area contributed by atoms with E-state index in [0.717, 1.165) is 16.8 Å². The second-order valence-electron chi connectivity index (χ2n) is 6.18. The highest BCUT2D eigenvalue weighted by Crippen LogP contribution is 2.19. The lowest BCUT2D eigenvalue weighted by Gasteiger charge is -2.14. The van der Waals surface area contributed by atoms with E-state index in [1.807, 2.05) is 37.4 Å². The Bertz CT molecular complexity index is 1030. The second-order valence-corrected chi connectivity index (χ2v) is 7.54. The predicted octanol–water partition coefficient (Wildman–Crippen LogP) is 4.74. The fourth-order valence-electron chi connectivity index (χ4n) is 2.53. The molecule has 142 valence electrons. The third kappa shape index (κ3) is 4.82. The molecule has 0 spiro atoms.